The lowest BCUT2D eigenvalue weighted by molar-refractivity contribution is -0.137. The van der Waals surface area contributed by atoms with Crippen molar-refractivity contribution < 1.29 is 18.0 Å². The van der Waals surface area contributed by atoms with E-state index in [2.05, 4.69) is 24.4 Å². The molecule has 1 aromatic carbocycles. The monoisotopic (exact) mass is 528 g/mol. The summed E-state index contributed by atoms with van der Waals surface area (Å²) >= 11 is 0. The summed E-state index contributed by atoms with van der Waals surface area (Å²) in [6.45, 7) is 5.44. The number of piperidine rings is 2. The first kappa shape index (κ1) is 25.4. The first-order valence-electron chi connectivity index (χ1n) is 13.8. The maximum absolute atomic E-state index is 13.2. The van der Waals surface area contributed by atoms with Crippen molar-refractivity contribution in [1.29, 1.82) is 0 Å². The molecule has 3 atom stereocenters. The standard InChI is InChI=1S/C28H35F3N6O/c1-34-25-14-22(28(29,30)31)4-5-23(25)26(33-34)20-6-10-35(11-7-20)17-21-13-24(21)27(38)37-9-2-3-19(16-37)15-36-12-8-32-18-36/h4-5,8,12,14,18-21,24H,2-3,6-7,9-11,13,15-17H2,1H3/t19?,21-,24+/m0/s1. The third-order valence-corrected chi connectivity index (χ3v) is 8.77. The van der Waals surface area contributed by atoms with Gasteiger partial charge in [0.1, 0.15) is 0 Å². The van der Waals surface area contributed by atoms with E-state index in [1.54, 1.807) is 24.0 Å². The zero-order valence-electron chi connectivity index (χ0n) is 21.8. The van der Waals surface area contributed by atoms with Gasteiger partial charge in [-0.15, -0.1) is 0 Å². The first-order chi connectivity index (χ1) is 18.3. The molecular formula is C28H35F3N6O. The van der Waals surface area contributed by atoms with E-state index in [-0.39, 0.29) is 11.8 Å². The molecule has 1 unspecified atom stereocenters. The Bertz CT molecular complexity index is 1280. The van der Waals surface area contributed by atoms with Crippen LogP contribution in [-0.2, 0) is 24.6 Å². The lowest BCUT2D eigenvalue weighted by atomic mass is 9.91. The second kappa shape index (κ2) is 10.0. The molecule has 2 aliphatic heterocycles. The van der Waals surface area contributed by atoms with Crippen LogP contribution in [0.3, 0.4) is 0 Å². The zero-order chi connectivity index (χ0) is 26.4. The van der Waals surface area contributed by atoms with Crippen molar-refractivity contribution in [2.45, 2.75) is 50.7 Å². The lowest BCUT2D eigenvalue weighted by Crippen LogP contribution is -2.42. The number of imidazole rings is 1. The van der Waals surface area contributed by atoms with Crippen LogP contribution in [0.5, 0.6) is 0 Å². The Kier molecular flexibility index (Phi) is 6.70. The van der Waals surface area contributed by atoms with E-state index in [1.807, 2.05) is 12.5 Å². The number of fused-ring (bicyclic) bond motifs is 1. The van der Waals surface area contributed by atoms with Crippen LogP contribution in [0.1, 0.15) is 49.3 Å². The van der Waals surface area contributed by atoms with Gasteiger partial charge in [0.2, 0.25) is 5.91 Å². The van der Waals surface area contributed by atoms with E-state index >= 15 is 0 Å². The maximum Gasteiger partial charge on any atom is 0.416 e. The second-order valence-electron chi connectivity index (χ2n) is 11.5. The van der Waals surface area contributed by atoms with Gasteiger partial charge < -0.3 is 14.4 Å². The largest absolute Gasteiger partial charge is 0.416 e. The second-order valence-corrected chi connectivity index (χ2v) is 11.5. The molecule has 0 radical (unpaired) electrons. The number of alkyl halides is 3. The number of aromatic nitrogens is 4. The summed E-state index contributed by atoms with van der Waals surface area (Å²) in [4.78, 5) is 21.9. The fourth-order valence-electron chi connectivity index (χ4n) is 6.58. The molecule has 38 heavy (non-hydrogen) atoms. The van der Waals surface area contributed by atoms with Gasteiger partial charge in [-0.3, -0.25) is 9.48 Å². The van der Waals surface area contributed by atoms with Gasteiger partial charge in [0.25, 0.3) is 0 Å². The van der Waals surface area contributed by atoms with Crippen LogP contribution in [0.25, 0.3) is 10.9 Å². The van der Waals surface area contributed by atoms with E-state index in [1.165, 1.54) is 6.07 Å². The van der Waals surface area contributed by atoms with Gasteiger partial charge in [-0.05, 0) is 69.2 Å². The van der Waals surface area contributed by atoms with Crippen LogP contribution in [0.15, 0.2) is 36.9 Å². The molecule has 1 amide bonds. The number of carbonyl (C=O) groups excluding carboxylic acids is 1. The summed E-state index contributed by atoms with van der Waals surface area (Å²) in [6, 6.07) is 3.94. The van der Waals surface area contributed by atoms with Crippen molar-refractivity contribution in [1.82, 2.24) is 29.1 Å². The Morgan fingerprint density at radius 1 is 1.11 bits per heavy atom. The summed E-state index contributed by atoms with van der Waals surface area (Å²) in [5, 5.41) is 5.45. The van der Waals surface area contributed by atoms with Crippen LogP contribution >= 0.6 is 0 Å². The number of hydrogen-bond donors (Lipinski definition) is 0. The molecule has 0 spiro atoms. The SMILES string of the molecule is Cn1nc(C2CCN(C[C@@H]3C[C@H]3C(=O)N3CCCC(Cn4ccnc4)C3)CC2)c2ccc(C(F)(F)F)cc21. The van der Waals surface area contributed by atoms with Crippen LogP contribution in [0.2, 0.25) is 0 Å². The number of hydrogen-bond acceptors (Lipinski definition) is 4. The smallest absolute Gasteiger partial charge is 0.342 e. The molecule has 0 N–H and O–H groups in total. The highest BCUT2D eigenvalue weighted by Gasteiger charge is 2.46. The predicted octanol–water partition coefficient (Wildman–Crippen LogP) is 4.54. The average molecular weight is 529 g/mol. The molecule has 3 fully saturated rings. The molecule has 6 rings (SSSR count). The van der Waals surface area contributed by atoms with Crippen LogP contribution in [0.4, 0.5) is 13.2 Å². The Morgan fingerprint density at radius 3 is 2.66 bits per heavy atom. The fourth-order valence-corrected chi connectivity index (χ4v) is 6.58. The van der Waals surface area contributed by atoms with E-state index in [0.29, 0.717) is 23.3 Å². The van der Waals surface area contributed by atoms with Crippen LogP contribution in [0, 0.1) is 17.8 Å². The Labute approximate surface area is 220 Å². The molecule has 2 aromatic heterocycles. The van der Waals surface area contributed by atoms with E-state index in [4.69, 9.17) is 0 Å². The van der Waals surface area contributed by atoms with Crippen molar-refractivity contribution in [3.8, 4) is 0 Å². The summed E-state index contributed by atoms with van der Waals surface area (Å²) < 4.78 is 43.2. The number of halogens is 3. The van der Waals surface area contributed by atoms with Gasteiger partial charge >= 0.3 is 6.18 Å². The quantitative estimate of drug-likeness (QED) is 0.471. The number of rotatable bonds is 6. The third kappa shape index (κ3) is 5.19. The number of benzene rings is 1. The third-order valence-electron chi connectivity index (χ3n) is 8.77. The van der Waals surface area contributed by atoms with Gasteiger partial charge in [-0.25, -0.2) is 4.98 Å². The molecular weight excluding hydrogens is 493 g/mol. The minimum Gasteiger partial charge on any atom is -0.342 e. The molecule has 7 nitrogen and oxygen atoms in total. The Balaban J connectivity index is 1.00. The maximum atomic E-state index is 13.2. The highest BCUT2D eigenvalue weighted by atomic mass is 19.4. The number of carbonyl (C=O) groups is 1. The molecule has 10 heteroatoms. The van der Waals surface area contributed by atoms with Crippen molar-refractivity contribution in [3.05, 3.63) is 48.2 Å². The Hall–Kier alpha value is -2.88. The Morgan fingerprint density at radius 2 is 1.92 bits per heavy atom. The van der Waals surface area contributed by atoms with Crippen LogP contribution < -0.4 is 0 Å². The van der Waals surface area contributed by atoms with Crippen molar-refractivity contribution in [2.24, 2.45) is 24.8 Å². The number of amides is 1. The van der Waals surface area contributed by atoms with Crippen molar-refractivity contribution in [2.75, 3.05) is 32.7 Å². The molecule has 3 aromatic rings. The van der Waals surface area contributed by atoms with Gasteiger partial charge in [0, 0.05) is 62.8 Å². The summed E-state index contributed by atoms with van der Waals surface area (Å²) in [5.74, 6) is 1.65. The average Bonchev–Trinajstić information content (AvgIpc) is 3.31. The normalized spacial score (nSPS) is 25.3. The highest BCUT2D eigenvalue weighted by molar-refractivity contribution is 5.83. The molecule has 4 heterocycles. The zero-order valence-corrected chi connectivity index (χ0v) is 21.8. The van der Waals surface area contributed by atoms with E-state index in [9.17, 15) is 18.0 Å². The summed E-state index contributed by atoms with van der Waals surface area (Å²) in [6.07, 6.45) is 6.34. The topological polar surface area (TPSA) is 59.2 Å². The lowest BCUT2D eigenvalue weighted by Gasteiger charge is -2.34. The molecule has 2 saturated heterocycles. The van der Waals surface area contributed by atoms with Gasteiger partial charge in [-0.2, -0.15) is 18.3 Å². The first-order valence-corrected chi connectivity index (χ1v) is 13.8. The van der Waals surface area contributed by atoms with E-state index in [0.717, 1.165) is 88.5 Å². The minimum absolute atomic E-state index is 0.155. The van der Waals surface area contributed by atoms with E-state index < -0.39 is 11.7 Å². The summed E-state index contributed by atoms with van der Waals surface area (Å²) in [7, 11) is 1.72. The number of nitrogens with zero attached hydrogens (tertiary/aromatic N) is 6. The molecule has 204 valence electrons. The fraction of sp³-hybridized carbons (Fsp3) is 0.607. The minimum atomic E-state index is -4.36. The van der Waals surface area contributed by atoms with Crippen molar-refractivity contribution in [3.63, 3.8) is 0 Å². The highest BCUT2D eigenvalue weighted by Crippen LogP contribution is 2.42. The molecule has 1 saturated carbocycles. The molecule has 0 bridgehead atoms. The number of aryl methyl sites for hydroxylation is 1. The van der Waals surface area contributed by atoms with Crippen LogP contribution in [-0.4, -0.2) is 67.8 Å². The van der Waals surface area contributed by atoms with Crippen molar-refractivity contribution >= 4 is 16.8 Å². The van der Waals surface area contributed by atoms with Gasteiger partial charge in [0.15, 0.2) is 0 Å². The predicted molar refractivity (Wildman–Crippen MR) is 137 cm³/mol. The molecule has 3 aliphatic rings. The van der Waals surface area contributed by atoms with Gasteiger partial charge in [-0.1, -0.05) is 6.07 Å². The van der Waals surface area contributed by atoms with Gasteiger partial charge in [0.05, 0.1) is 23.1 Å². The number of likely N-dealkylation sites (tertiary alicyclic amines) is 2. The molecule has 1 aliphatic carbocycles. The summed E-state index contributed by atoms with van der Waals surface area (Å²) in [5.41, 5.74) is 0.799.